The summed E-state index contributed by atoms with van der Waals surface area (Å²) >= 11 is 0. The number of amidine groups is 1. The SMILES string of the molecule is O=C(CN1CC[C@@H](CN2C(=O)C3(CCN(Cc4ccccc4)CC3)N=C2c2ccc(-c3ccc4occc4c3)cc2)C1)C1CC1. The molecule has 1 spiro atoms. The number of carbonyl (C=O) groups excluding carboxylic acids is 2. The zero-order chi connectivity index (χ0) is 30.4. The number of amides is 1. The molecule has 0 bridgehead atoms. The molecule has 4 aromatic rings. The zero-order valence-electron chi connectivity index (χ0n) is 25.7. The molecule has 4 aliphatic rings. The van der Waals surface area contributed by atoms with Crippen molar-refractivity contribution in [2.45, 2.75) is 44.2 Å². The van der Waals surface area contributed by atoms with Gasteiger partial charge in [-0.15, -0.1) is 0 Å². The van der Waals surface area contributed by atoms with Gasteiger partial charge in [-0.3, -0.25) is 29.3 Å². The minimum Gasteiger partial charge on any atom is -0.464 e. The van der Waals surface area contributed by atoms with Gasteiger partial charge in [0.2, 0.25) is 0 Å². The molecule has 1 atom stereocenters. The highest BCUT2D eigenvalue weighted by Gasteiger charge is 2.50. The Kier molecular flexibility index (Phi) is 7.38. The second-order valence-electron chi connectivity index (χ2n) is 13.5. The molecule has 0 radical (unpaired) electrons. The summed E-state index contributed by atoms with van der Waals surface area (Å²) in [6, 6.07) is 27.3. The monoisotopic (exact) mass is 600 g/mol. The lowest BCUT2D eigenvalue weighted by Crippen LogP contribution is -2.50. The summed E-state index contributed by atoms with van der Waals surface area (Å²) < 4.78 is 5.53. The number of aliphatic imine (C=N–C) groups is 1. The Labute approximate surface area is 264 Å². The highest BCUT2D eigenvalue weighted by atomic mass is 16.3. The number of nitrogens with zero attached hydrogens (tertiary/aromatic N) is 4. The summed E-state index contributed by atoms with van der Waals surface area (Å²) in [5, 5.41) is 1.08. The maximum absolute atomic E-state index is 14.4. The zero-order valence-corrected chi connectivity index (χ0v) is 25.7. The first-order chi connectivity index (χ1) is 22.0. The summed E-state index contributed by atoms with van der Waals surface area (Å²) in [5.41, 5.74) is 4.72. The Morgan fingerprint density at radius 2 is 1.60 bits per heavy atom. The first-order valence-electron chi connectivity index (χ1n) is 16.5. The lowest BCUT2D eigenvalue weighted by Gasteiger charge is -2.36. The molecular formula is C38H40N4O3. The van der Waals surface area contributed by atoms with Crippen LogP contribution < -0.4 is 0 Å². The summed E-state index contributed by atoms with van der Waals surface area (Å²) in [7, 11) is 0. The van der Waals surface area contributed by atoms with Crippen molar-refractivity contribution in [2.75, 3.05) is 39.3 Å². The van der Waals surface area contributed by atoms with Crippen LogP contribution in [0.15, 0.2) is 94.5 Å². The quantitative estimate of drug-likeness (QED) is 0.235. The fourth-order valence-corrected chi connectivity index (χ4v) is 7.47. The van der Waals surface area contributed by atoms with Crippen LogP contribution in [0.5, 0.6) is 0 Å². The van der Waals surface area contributed by atoms with E-state index in [1.54, 1.807) is 6.26 Å². The van der Waals surface area contributed by atoms with Gasteiger partial charge in [0.1, 0.15) is 22.7 Å². The predicted octanol–water partition coefficient (Wildman–Crippen LogP) is 6.02. The number of furan rings is 1. The van der Waals surface area contributed by atoms with Gasteiger partial charge < -0.3 is 4.42 Å². The van der Waals surface area contributed by atoms with Crippen LogP contribution in [0.25, 0.3) is 22.1 Å². The van der Waals surface area contributed by atoms with E-state index < -0.39 is 5.54 Å². The highest BCUT2D eigenvalue weighted by Crippen LogP contribution is 2.37. The molecule has 1 aromatic heterocycles. The van der Waals surface area contributed by atoms with Gasteiger partial charge in [0.05, 0.1) is 12.8 Å². The van der Waals surface area contributed by atoms with Crippen LogP contribution in [0.2, 0.25) is 0 Å². The highest BCUT2D eigenvalue weighted by molar-refractivity contribution is 6.15. The number of piperidine rings is 1. The van der Waals surface area contributed by atoms with Crippen LogP contribution in [-0.2, 0) is 16.1 Å². The number of hydrogen-bond donors (Lipinski definition) is 0. The minimum atomic E-state index is -0.701. The maximum Gasteiger partial charge on any atom is 0.256 e. The van der Waals surface area contributed by atoms with E-state index >= 15 is 0 Å². The Hall–Kier alpha value is -4.07. The summed E-state index contributed by atoms with van der Waals surface area (Å²) in [6.07, 6.45) is 6.29. The van der Waals surface area contributed by atoms with Gasteiger partial charge in [-0.05, 0) is 79.5 Å². The molecule has 2 saturated heterocycles. The average molecular weight is 601 g/mol. The molecule has 1 amide bonds. The molecule has 3 fully saturated rings. The summed E-state index contributed by atoms with van der Waals surface area (Å²) in [4.78, 5) is 38.9. The Bertz CT molecular complexity index is 1730. The molecule has 1 saturated carbocycles. The van der Waals surface area contributed by atoms with E-state index in [4.69, 9.17) is 9.41 Å². The third kappa shape index (κ3) is 5.75. The standard InChI is InChI=1S/C38H40N4O3/c43-34(30-8-9-30)26-41-18-14-28(24-41)25-42-36(31-10-6-29(7-11-31)32-12-13-35-33(22-32)15-21-45-35)39-38(37(42)44)16-19-40(20-17-38)23-27-4-2-1-3-5-27/h1-7,10-13,15,21-22,28,30H,8-9,14,16-20,23-26H2/t28-/m1/s1. The third-order valence-corrected chi connectivity index (χ3v) is 10.3. The van der Waals surface area contributed by atoms with E-state index in [1.165, 1.54) is 5.56 Å². The van der Waals surface area contributed by atoms with Crippen molar-refractivity contribution in [1.29, 1.82) is 0 Å². The van der Waals surface area contributed by atoms with Crippen molar-refractivity contribution >= 4 is 28.5 Å². The lowest BCUT2D eigenvalue weighted by atomic mass is 9.87. The van der Waals surface area contributed by atoms with Crippen LogP contribution in [0.4, 0.5) is 0 Å². The molecule has 3 aromatic carbocycles. The second kappa shape index (κ2) is 11.7. The number of ketones is 1. The van der Waals surface area contributed by atoms with Crippen LogP contribution in [0.1, 0.15) is 43.2 Å². The maximum atomic E-state index is 14.4. The van der Waals surface area contributed by atoms with Crippen LogP contribution >= 0.6 is 0 Å². The third-order valence-electron chi connectivity index (χ3n) is 10.3. The van der Waals surface area contributed by atoms with Crippen molar-refractivity contribution in [2.24, 2.45) is 16.8 Å². The smallest absolute Gasteiger partial charge is 0.256 e. The number of carbonyl (C=O) groups is 2. The number of Topliss-reactive ketones (excluding diaryl/α,β-unsaturated/α-hetero) is 1. The average Bonchev–Trinajstić information content (AvgIpc) is 3.57. The van der Waals surface area contributed by atoms with E-state index in [2.05, 4.69) is 76.5 Å². The number of rotatable bonds is 9. The predicted molar refractivity (Wildman–Crippen MR) is 176 cm³/mol. The lowest BCUT2D eigenvalue weighted by molar-refractivity contribution is -0.133. The van der Waals surface area contributed by atoms with Crippen molar-refractivity contribution in [1.82, 2.24) is 14.7 Å². The van der Waals surface area contributed by atoms with Crippen molar-refractivity contribution < 1.29 is 14.0 Å². The van der Waals surface area contributed by atoms with Crippen molar-refractivity contribution in [3.8, 4) is 11.1 Å². The minimum absolute atomic E-state index is 0.152. The topological polar surface area (TPSA) is 69.4 Å². The van der Waals surface area contributed by atoms with Gasteiger partial charge in [0, 0.05) is 49.6 Å². The molecule has 8 rings (SSSR count). The number of likely N-dealkylation sites (tertiary alicyclic amines) is 2. The molecule has 1 aliphatic carbocycles. The molecule has 0 N–H and O–H groups in total. The normalized spacial score (nSPS) is 22.0. The van der Waals surface area contributed by atoms with E-state index in [1.807, 2.05) is 17.0 Å². The van der Waals surface area contributed by atoms with Crippen LogP contribution in [-0.4, -0.2) is 77.0 Å². The number of benzene rings is 3. The Morgan fingerprint density at radius 1 is 0.844 bits per heavy atom. The Balaban J connectivity index is 1.03. The molecule has 230 valence electrons. The molecule has 45 heavy (non-hydrogen) atoms. The van der Waals surface area contributed by atoms with Gasteiger partial charge in [-0.1, -0.05) is 60.7 Å². The number of hydrogen-bond acceptors (Lipinski definition) is 6. The van der Waals surface area contributed by atoms with E-state index in [0.717, 1.165) is 98.3 Å². The first kappa shape index (κ1) is 28.4. The molecule has 3 aliphatic heterocycles. The van der Waals surface area contributed by atoms with E-state index in [0.29, 0.717) is 30.7 Å². The first-order valence-corrected chi connectivity index (χ1v) is 16.5. The largest absolute Gasteiger partial charge is 0.464 e. The van der Waals surface area contributed by atoms with E-state index in [-0.39, 0.29) is 5.91 Å². The van der Waals surface area contributed by atoms with E-state index in [9.17, 15) is 9.59 Å². The molecule has 7 nitrogen and oxygen atoms in total. The Morgan fingerprint density at radius 3 is 2.38 bits per heavy atom. The molecule has 7 heteroatoms. The van der Waals surface area contributed by atoms with Gasteiger partial charge in [-0.25, -0.2) is 0 Å². The summed E-state index contributed by atoms with van der Waals surface area (Å²) in [6.45, 7) is 5.59. The fraction of sp³-hybridized carbons (Fsp3) is 0.395. The van der Waals surface area contributed by atoms with Crippen LogP contribution in [0.3, 0.4) is 0 Å². The molecule has 0 unspecified atom stereocenters. The van der Waals surface area contributed by atoms with Crippen LogP contribution in [0, 0.1) is 11.8 Å². The van der Waals surface area contributed by atoms with Gasteiger partial charge in [-0.2, -0.15) is 0 Å². The second-order valence-corrected chi connectivity index (χ2v) is 13.5. The van der Waals surface area contributed by atoms with Gasteiger partial charge in [0.25, 0.3) is 5.91 Å². The molecular weight excluding hydrogens is 560 g/mol. The molecule has 4 heterocycles. The van der Waals surface area contributed by atoms with Crippen molar-refractivity contribution in [3.05, 3.63) is 96.3 Å². The van der Waals surface area contributed by atoms with Crippen molar-refractivity contribution in [3.63, 3.8) is 0 Å². The summed E-state index contributed by atoms with van der Waals surface area (Å²) in [5.74, 6) is 1.98. The van der Waals surface area contributed by atoms with Gasteiger partial charge >= 0.3 is 0 Å². The van der Waals surface area contributed by atoms with Gasteiger partial charge in [0.15, 0.2) is 0 Å². The number of fused-ring (bicyclic) bond motifs is 1. The fourth-order valence-electron chi connectivity index (χ4n) is 7.47.